The first-order valence-corrected chi connectivity index (χ1v) is 8.93. The van der Waals surface area contributed by atoms with Crippen molar-refractivity contribution in [1.29, 1.82) is 0 Å². The first kappa shape index (κ1) is 21.3. The lowest BCUT2D eigenvalue weighted by Gasteiger charge is -2.35. The van der Waals surface area contributed by atoms with Gasteiger partial charge in [-0.25, -0.2) is 0 Å². The first-order valence-electron chi connectivity index (χ1n) is 8.93. The second-order valence-electron chi connectivity index (χ2n) is 6.61. The van der Waals surface area contributed by atoms with E-state index in [4.69, 9.17) is 14.6 Å². The van der Waals surface area contributed by atoms with Crippen molar-refractivity contribution in [2.75, 3.05) is 6.61 Å². The van der Waals surface area contributed by atoms with E-state index in [1.54, 1.807) is 6.92 Å². The number of carbonyl (C=O) groups is 1. The van der Waals surface area contributed by atoms with Gasteiger partial charge in [-0.3, -0.25) is 4.79 Å². The van der Waals surface area contributed by atoms with Crippen LogP contribution in [0.3, 0.4) is 0 Å². The molecular weight excluding hydrogens is 316 g/mol. The minimum atomic E-state index is -0.960. The third-order valence-corrected chi connectivity index (χ3v) is 4.31. The Bertz CT molecular complexity index is 350. The Kier molecular flexibility index (Phi) is 10.4. The molecule has 1 rings (SSSR count). The molecule has 0 bridgehead atoms. The molecule has 7 nitrogen and oxygen atoms in total. The predicted molar refractivity (Wildman–Crippen MR) is 87.5 cm³/mol. The largest absolute Gasteiger partial charge is 0.481 e. The summed E-state index contributed by atoms with van der Waals surface area (Å²) < 4.78 is 11.0. The van der Waals surface area contributed by atoms with E-state index in [1.165, 1.54) is 0 Å². The standard InChI is InChI=1S/C17H32O7/c1-12-14(19)11-15(20)17(24-12)23-9-7-5-3-2-4-6-8-13(18)10-16(21)22/h12-15,17-20H,2-11H2,1H3,(H,21,22)/t12-,13+,14+,15+,17+/m0/s1. The number of carboxylic acids is 1. The van der Waals surface area contributed by atoms with Crippen LogP contribution in [0.2, 0.25) is 0 Å². The Morgan fingerprint density at radius 3 is 2.42 bits per heavy atom. The van der Waals surface area contributed by atoms with Gasteiger partial charge in [0.1, 0.15) is 6.10 Å². The van der Waals surface area contributed by atoms with Crippen LogP contribution in [0.4, 0.5) is 0 Å². The quantitative estimate of drug-likeness (QED) is 0.394. The molecule has 0 aliphatic carbocycles. The van der Waals surface area contributed by atoms with E-state index in [0.29, 0.717) is 13.0 Å². The van der Waals surface area contributed by atoms with Crippen LogP contribution >= 0.6 is 0 Å². The highest BCUT2D eigenvalue weighted by Crippen LogP contribution is 2.21. The molecule has 1 heterocycles. The Hall–Kier alpha value is -0.730. The summed E-state index contributed by atoms with van der Waals surface area (Å²) in [5.41, 5.74) is 0. The monoisotopic (exact) mass is 348 g/mol. The number of rotatable bonds is 12. The number of hydrogen-bond acceptors (Lipinski definition) is 6. The van der Waals surface area contributed by atoms with Crippen molar-refractivity contribution in [3.05, 3.63) is 0 Å². The van der Waals surface area contributed by atoms with Gasteiger partial charge in [-0.05, 0) is 19.8 Å². The fourth-order valence-corrected chi connectivity index (χ4v) is 2.79. The lowest BCUT2D eigenvalue weighted by molar-refractivity contribution is -0.261. The van der Waals surface area contributed by atoms with Gasteiger partial charge in [-0.2, -0.15) is 0 Å². The number of carboxylic acid groups (broad SMARTS) is 1. The summed E-state index contributed by atoms with van der Waals surface area (Å²) in [6.45, 7) is 2.28. The van der Waals surface area contributed by atoms with Gasteiger partial charge in [0, 0.05) is 13.0 Å². The minimum absolute atomic E-state index is 0.178. The molecule has 1 saturated heterocycles. The van der Waals surface area contributed by atoms with E-state index in [1.807, 2.05) is 0 Å². The van der Waals surface area contributed by atoms with Crippen molar-refractivity contribution >= 4 is 5.97 Å². The van der Waals surface area contributed by atoms with E-state index in [0.717, 1.165) is 38.5 Å². The lowest BCUT2D eigenvalue weighted by atomic mass is 10.0. The third kappa shape index (κ3) is 8.94. The molecule has 0 aromatic rings. The molecule has 1 fully saturated rings. The Labute approximate surface area is 143 Å². The molecule has 0 amide bonds. The van der Waals surface area contributed by atoms with Crippen molar-refractivity contribution in [1.82, 2.24) is 0 Å². The van der Waals surface area contributed by atoms with Crippen molar-refractivity contribution in [2.24, 2.45) is 0 Å². The number of aliphatic hydroxyl groups excluding tert-OH is 3. The van der Waals surface area contributed by atoms with Crippen molar-refractivity contribution in [3.8, 4) is 0 Å². The summed E-state index contributed by atoms with van der Waals surface area (Å²) in [6.07, 6.45) is 3.31. The highest BCUT2D eigenvalue weighted by Gasteiger charge is 2.34. The van der Waals surface area contributed by atoms with E-state index in [-0.39, 0.29) is 18.9 Å². The fourth-order valence-electron chi connectivity index (χ4n) is 2.79. The van der Waals surface area contributed by atoms with Crippen molar-refractivity contribution in [3.63, 3.8) is 0 Å². The smallest absolute Gasteiger partial charge is 0.305 e. The second-order valence-corrected chi connectivity index (χ2v) is 6.61. The second kappa shape index (κ2) is 11.8. The maximum atomic E-state index is 10.4. The molecule has 4 N–H and O–H groups in total. The van der Waals surface area contributed by atoms with Crippen LogP contribution in [-0.4, -0.2) is 63.7 Å². The van der Waals surface area contributed by atoms with Crippen LogP contribution in [0.25, 0.3) is 0 Å². The van der Waals surface area contributed by atoms with Gasteiger partial charge < -0.3 is 29.9 Å². The Morgan fingerprint density at radius 1 is 1.12 bits per heavy atom. The van der Waals surface area contributed by atoms with E-state index in [2.05, 4.69) is 0 Å². The molecule has 0 aromatic heterocycles. The lowest BCUT2D eigenvalue weighted by Crippen LogP contribution is -2.47. The molecule has 0 saturated carbocycles. The van der Waals surface area contributed by atoms with Gasteiger partial charge >= 0.3 is 5.97 Å². The normalized spacial score (nSPS) is 28.7. The third-order valence-electron chi connectivity index (χ3n) is 4.31. The van der Waals surface area contributed by atoms with Gasteiger partial charge in [-0.1, -0.05) is 32.1 Å². The summed E-state index contributed by atoms with van der Waals surface area (Å²) in [5.74, 6) is -0.960. The number of aliphatic carboxylic acids is 1. The zero-order valence-electron chi connectivity index (χ0n) is 14.5. The number of hydrogen-bond donors (Lipinski definition) is 4. The SMILES string of the molecule is C[C@@H]1O[C@@H](OCCCCCCCC[C@@H](O)CC(=O)O)[C@H](O)C[C@H]1O. The van der Waals surface area contributed by atoms with Gasteiger partial charge in [0.25, 0.3) is 0 Å². The molecule has 0 spiro atoms. The van der Waals surface area contributed by atoms with Gasteiger partial charge in [0.05, 0.1) is 24.7 Å². The molecule has 1 aliphatic rings. The maximum absolute atomic E-state index is 10.4. The minimum Gasteiger partial charge on any atom is -0.481 e. The van der Waals surface area contributed by atoms with Crippen LogP contribution in [0.5, 0.6) is 0 Å². The average Bonchev–Trinajstić information content (AvgIpc) is 2.49. The highest BCUT2D eigenvalue weighted by molar-refractivity contribution is 5.67. The number of ether oxygens (including phenoxy) is 2. The zero-order valence-corrected chi connectivity index (χ0v) is 14.5. The molecule has 24 heavy (non-hydrogen) atoms. The zero-order chi connectivity index (χ0) is 17.9. The summed E-state index contributed by atoms with van der Waals surface area (Å²) in [4.78, 5) is 10.4. The molecule has 1 aliphatic heterocycles. The van der Waals surface area contributed by atoms with Crippen LogP contribution in [0, 0.1) is 0 Å². The summed E-state index contributed by atoms with van der Waals surface area (Å²) in [6, 6.07) is 0. The highest BCUT2D eigenvalue weighted by atomic mass is 16.7. The Balaban J connectivity index is 1.93. The van der Waals surface area contributed by atoms with Crippen molar-refractivity contribution < 1.29 is 34.7 Å². The number of aliphatic hydroxyl groups is 3. The summed E-state index contributed by atoms with van der Waals surface area (Å²) >= 11 is 0. The van der Waals surface area contributed by atoms with Crippen molar-refractivity contribution in [2.45, 2.75) is 95.4 Å². The van der Waals surface area contributed by atoms with Gasteiger partial charge in [-0.15, -0.1) is 0 Å². The topological polar surface area (TPSA) is 116 Å². The molecule has 0 radical (unpaired) electrons. The van der Waals surface area contributed by atoms with Gasteiger partial charge in [0.15, 0.2) is 6.29 Å². The number of unbranched alkanes of at least 4 members (excludes halogenated alkanes) is 5. The van der Waals surface area contributed by atoms with Crippen LogP contribution < -0.4 is 0 Å². The molecule has 7 heteroatoms. The van der Waals surface area contributed by atoms with Crippen LogP contribution in [0.15, 0.2) is 0 Å². The first-order chi connectivity index (χ1) is 11.4. The maximum Gasteiger partial charge on any atom is 0.305 e. The van der Waals surface area contributed by atoms with Gasteiger partial charge in [0.2, 0.25) is 0 Å². The van der Waals surface area contributed by atoms with E-state index in [9.17, 15) is 20.1 Å². The van der Waals surface area contributed by atoms with Crippen LogP contribution in [-0.2, 0) is 14.3 Å². The molecule has 0 unspecified atom stereocenters. The van der Waals surface area contributed by atoms with E-state index < -0.39 is 30.6 Å². The predicted octanol–water partition coefficient (Wildman–Crippen LogP) is 1.43. The molecular formula is C17H32O7. The summed E-state index contributed by atoms with van der Waals surface area (Å²) in [7, 11) is 0. The van der Waals surface area contributed by atoms with Crippen LogP contribution in [0.1, 0.15) is 64.7 Å². The summed E-state index contributed by atoms with van der Waals surface area (Å²) in [5, 5.41) is 37.3. The van der Waals surface area contributed by atoms with E-state index >= 15 is 0 Å². The average molecular weight is 348 g/mol. The fraction of sp³-hybridized carbons (Fsp3) is 0.941. The molecule has 0 aromatic carbocycles. The molecule has 142 valence electrons. The Morgan fingerprint density at radius 2 is 1.75 bits per heavy atom. The molecule has 5 atom stereocenters.